The first-order valence-electron chi connectivity index (χ1n) is 7.77. The predicted octanol–water partition coefficient (Wildman–Crippen LogP) is 2.45. The SMILES string of the molecule is CC[C@@H](C)NC(=O)c1ccc(C)c(N2CCCCS2(=O)=O)c1. The molecule has 0 aromatic heterocycles. The van der Waals surface area contributed by atoms with E-state index >= 15 is 0 Å². The van der Waals surface area contributed by atoms with E-state index < -0.39 is 10.0 Å². The van der Waals surface area contributed by atoms with Gasteiger partial charge >= 0.3 is 0 Å². The minimum absolute atomic E-state index is 0.0935. The zero-order valence-electron chi connectivity index (χ0n) is 13.4. The number of benzene rings is 1. The molecule has 122 valence electrons. The quantitative estimate of drug-likeness (QED) is 0.925. The van der Waals surface area contributed by atoms with Crippen molar-refractivity contribution in [2.24, 2.45) is 0 Å². The molecule has 6 heteroatoms. The molecule has 1 aromatic carbocycles. The second-order valence-corrected chi connectivity index (χ2v) is 7.89. The van der Waals surface area contributed by atoms with E-state index in [0.29, 0.717) is 24.2 Å². The van der Waals surface area contributed by atoms with Crippen LogP contribution in [0, 0.1) is 6.92 Å². The second kappa shape index (κ2) is 6.69. The molecule has 5 nitrogen and oxygen atoms in total. The number of carbonyl (C=O) groups is 1. The highest BCUT2D eigenvalue weighted by atomic mass is 32.2. The van der Waals surface area contributed by atoms with Gasteiger partial charge in [-0.1, -0.05) is 13.0 Å². The summed E-state index contributed by atoms with van der Waals surface area (Å²) in [4.78, 5) is 12.2. The van der Waals surface area contributed by atoms with Gasteiger partial charge in [-0.25, -0.2) is 8.42 Å². The number of hydrogen-bond acceptors (Lipinski definition) is 3. The summed E-state index contributed by atoms with van der Waals surface area (Å²) in [5.74, 6) is 0.0143. The Hall–Kier alpha value is -1.56. The Morgan fingerprint density at radius 3 is 2.73 bits per heavy atom. The summed E-state index contributed by atoms with van der Waals surface area (Å²) in [5.41, 5.74) is 1.99. The maximum atomic E-state index is 12.3. The second-order valence-electron chi connectivity index (χ2n) is 5.88. The highest BCUT2D eigenvalue weighted by molar-refractivity contribution is 7.92. The third-order valence-electron chi connectivity index (χ3n) is 4.08. The third kappa shape index (κ3) is 3.61. The van der Waals surface area contributed by atoms with Crippen molar-refractivity contribution >= 4 is 21.6 Å². The molecule has 0 saturated carbocycles. The number of hydrogen-bond donors (Lipinski definition) is 1. The van der Waals surface area contributed by atoms with Crippen molar-refractivity contribution in [3.8, 4) is 0 Å². The number of nitrogens with zero attached hydrogens (tertiary/aromatic N) is 1. The van der Waals surface area contributed by atoms with Crippen molar-refractivity contribution in [1.82, 2.24) is 5.32 Å². The lowest BCUT2D eigenvalue weighted by molar-refractivity contribution is 0.0939. The first-order valence-corrected chi connectivity index (χ1v) is 9.38. The van der Waals surface area contributed by atoms with Crippen molar-refractivity contribution in [3.05, 3.63) is 29.3 Å². The monoisotopic (exact) mass is 324 g/mol. The Labute approximate surface area is 132 Å². The van der Waals surface area contributed by atoms with Crippen LogP contribution in [0.15, 0.2) is 18.2 Å². The average molecular weight is 324 g/mol. The lowest BCUT2D eigenvalue weighted by atomic mass is 10.1. The summed E-state index contributed by atoms with van der Waals surface area (Å²) in [7, 11) is -3.27. The molecule has 1 atom stereocenters. The number of aryl methyl sites for hydroxylation is 1. The molecule has 0 aliphatic carbocycles. The standard InChI is InChI=1S/C16H24N2O3S/c1-4-13(3)17-16(19)14-8-7-12(2)15(11-14)18-9-5-6-10-22(18,20)21/h7-8,11,13H,4-6,9-10H2,1-3H3,(H,17,19)/t13-/m1/s1. The van der Waals surface area contributed by atoms with E-state index in [-0.39, 0.29) is 17.7 Å². The van der Waals surface area contributed by atoms with Gasteiger partial charge in [0.25, 0.3) is 5.91 Å². The van der Waals surface area contributed by atoms with Crippen LogP contribution in [0.2, 0.25) is 0 Å². The van der Waals surface area contributed by atoms with Crippen molar-refractivity contribution in [1.29, 1.82) is 0 Å². The van der Waals surface area contributed by atoms with Crippen LogP contribution in [0.4, 0.5) is 5.69 Å². The molecule has 1 N–H and O–H groups in total. The van der Waals surface area contributed by atoms with Gasteiger partial charge in [-0.2, -0.15) is 0 Å². The summed E-state index contributed by atoms with van der Waals surface area (Å²) in [6.07, 6.45) is 2.40. The van der Waals surface area contributed by atoms with Crippen molar-refractivity contribution in [3.63, 3.8) is 0 Å². The first kappa shape index (κ1) is 16.8. The van der Waals surface area contributed by atoms with E-state index in [9.17, 15) is 13.2 Å². The fraction of sp³-hybridized carbons (Fsp3) is 0.562. The lowest BCUT2D eigenvalue weighted by Crippen LogP contribution is -2.38. The van der Waals surface area contributed by atoms with Crippen LogP contribution in [0.3, 0.4) is 0 Å². The fourth-order valence-electron chi connectivity index (χ4n) is 2.49. The van der Waals surface area contributed by atoms with Gasteiger partial charge in [0.05, 0.1) is 11.4 Å². The molecular weight excluding hydrogens is 300 g/mol. The zero-order valence-corrected chi connectivity index (χ0v) is 14.2. The number of rotatable bonds is 4. The molecule has 1 amide bonds. The minimum atomic E-state index is -3.27. The molecule has 1 fully saturated rings. The van der Waals surface area contributed by atoms with Crippen LogP contribution in [-0.4, -0.2) is 32.7 Å². The molecule has 0 spiro atoms. The van der Waals surface area contributed by atoms with Crippen LogP contribution in [0.1, 0.15) is 49.0 Å². The normalized spacial score (nSPS) is 18.8. The van der Waals surface area contributed by atoms with Crippen LogP contribution in [0.5, 0.6) is 0 Å². The molecule has 2 rings (SSSR count). The molecule has 0 unspecified atom stereocenters. The Morgan fingerprint density at radius 1 is 1.36 bits per heavy atom. The molecule has 22 heavy (non-hydrogen) atoms. The van der Waals surface area contributed by atoms with E-state index in [1.807, 2.05) is 26.8 Å². The van der Waals surface area contributed by atoms with Crippen molar-refractivity contribution < 1.29 is 13.2 Å². The zero-order chi connectivity index (χ0) is 16.3. The summed E-state index contributed by atoms with van der Waals surface area (Å²) in [6.45, 7) is 6.31. The van der Waals surface area contributed by atoms with Crippen LogP contribution in [0.25, 0.3) is 0 Å². The van der Waals surface area contributed by atoms with Crippen molar-refractivity contribution in [2.45, 2.75) is 46.1 Å². The fourth-order valence-corrected chi connectivity index (χ4v) is 4.18. The van der Waals surface area contributed by atoms with Gasteiger partial charge in [-0.05, 0) is 50.8 Å². The van der Waals surface area contributed by atoms with Gasteiger partial charge < -0.3 is 5.32 Å². The minimum Gasteiger partial charge on any atom is -0.350 e. The van der Waals surface area contributed by atoms with E-state index in [0.717, 1.165) is 18.4 Å². The van der Waals surface area contributed by atoms with E-state index in [2.05, 4.69) is 5.32 Å². The van der Waals surface area contributed by atoms with E-state index in [4.69, 9.17) is 0 Å². The largest absolute Gasteiger partial charge is 0.350 e. The van der Waals surface area contributed by atoms with Gasteiger partial charge in [0, 0.05) is 18.2 Å². The number of anilines is 1. The van der Waals surface area contributed by atoms with Gasteiger partial charge in [0.1, 0.15) is 0 Å². The van der Waals surface area contributed by atoms with Gasteiger partial charge in [-0.15, -0.1) is 0 Å². The Balaban J connectivity index is 2.33. The molecular formula is C16H24N2O3S. The molecule has 0 radical (unpaired) electrons. The summed E-state index contributed by atoms with van der Waals surface area (Å²) in [6, 6.07) is 5.34. The molecule has 1 heterocycles. The number of sulfonamides is 1. The predicted molar refractivity (Wildman–Crippen MR) is 88.8 cm³/mol. The summed E-state index contributed by atoms with van der Waals surface area (Å²) in [5, 5.41) is 2.91. The van der Waals surface area contributed by atoms with E-state index in [1.165, 1.54) is 4.31 Å². The number of nitrogens with one attached hydrogen (secondary N) is 1. The maximum Gasteiger partial charge on any atom is 0.251 e. The molecule has 0 bridgehead atoms. The lowest BCUT2D eigenvalue weighted by Gasteiger charge is -2.29. The van der Waals surface area contributed by atoms with Gasteiger partial charge in [0.2, 0.25) is 10.0 Å². The van der Waals surface area contributed by atoms with Gasteiger partial charge in [0.15, 0.2) is 0 Å². The van der Waals surface area contributed by atoms with E-state index in [1.54, 1.807) is 12.1 Å². The van der Waals surface area contributed by atoms with Crippen LogP contribution in [-0.2, 0) is 10.0 Å². The smallest absolute Gasteiger partial charge is 0.251 e. The topological polar surface area (TPSA) is 66.5 Å². The molecule has 1 aromatic rings. The van der Waals surface area contributed by atoms with Crippen LogP contribution < -0.4 is 9.62 Å². The highest BCUT2D eigenvalue weighted by Crippen LogP contribution is 2.28. The Kier molecular flexibility index (Phi) is 5.11. The van der Waals surface area contributed by atoms with Gasteiger partial charge in [-0.3, -0.25) is 9.10 Å². The first-order chi connectivity index (χ1) is 10.3. The maximum absolute atomic E-state index is 12.3. The van der Waals surface area contributed by atoms with Crippen LogP contribution >= 0.6 is 0 Å². The average Bonchev–Trinajstić information content (AvgIpc) is 2.47. The molecule has 1 aliphatic rings. The highest BCUT2D eigenvalue weighted by Gasteiger charge is 2.27. The third-order valence-corrected chi connectivity index (χ3v) is 5.93. The summed E-state index contributed by atoms with van der Waals surface area (Å²) < 4.78 is 26.0. The Bertz CT molecular complexity index is 655. The van der Waals surface area contributed by atoms with Crippen molar-refractivity contribution in [2.75, 3.05) is 16.6 Å². The Morgan fingerprint density at radius 2 is 2.09 bits per heavy atom. The number of carbonyl (C=O) groups excluding carboxylic acids is 1. The molecule has 1 aliphatic heterocycles. The molecule has 1 saturated heterocycles. The summed E-state index contributed by atoms with van der Waals surface area (Å²) >= 11 is 0. The number of amides is 1.